The third-order valence-electron chi connectivity index (χ3n) is 6.19. The minimum Gasteiger partial charge on any atom is -0.497 e. The number of hydrogen-bond acceptors (Lipinski definition) is 5. The van der Waals surface area contributed by atoms with Gasteiger partial charge in [0.1, 0.15) is 18.1 Å². The van der Waals surface area contributed by atoms with Crippen molar-refractivity contribution in [3.05, 3.63) is 72.8 Å². The predicted octanol–water partition coefficient (Wildman–Crippen LogP) is 6.37. The maximum Gasteiger partial charge on any atom is 0.120 e. The Labute approximate surface area is 205 Å². The van der Waals surface area contributed by atoms with Gasteiger partial charge in [0.05, 0.1) is 40.1 Å². The fraction of sp³-hybridized carbons (Fsp3) is 0.267. The van der Waals surface area contributed by atoms with Crippen LogP contribution < -0.4 is 9.47 Å². The summed E-state index contributed by atoms with van der Waals surface area (Å²) in [6, 6.07) is 25.9. The van der Waals surface area contributed by atoms with Crippen LogP contribution in [-0.4, -0.2) is 53.9 Å². The lowest BCUT2D eigenvalue weighted by Crippen LogP contribution is -2.12. The highest BCUT2D eigenvalue weighted by molar-refractivity contribution is 6.08. The average molecular weight is 471 g/mol. The summed E-state index contributed by atoms with van der Waals surface area (Å²) in [5.74, 6) is 1.72. The normalized spacial score (nSPS) is 11.6. The van der Waals surface area contributed by atoms with Gasteiger partial charge in [-0.25, -0.2) is 0 Å². The molecule has 0 bridgehead atoms. The van der Waals surface area contributed by atoms with Crippen LogP contribution in [0.5, 0.6) is 11.5 Å². The van der Waals surface area contributed by atoms with Crippen molar-refractivity contribution in [1.82, 2.24) is 0 Å². The summed E-state index contributed by atoms with van der Waals surface area (Å²) in [6.07, 6.45) is 0. The van der Waals surface area contributed by atoms with Crippen LogP contribution in [0, 0.1) is 0 Å². The van der Waals surface area contributed by atoms with Crippen molar-refractivity contribution in [2.75, 3.05) is 53.9 Å². The number of rotatable bonds is 11. The molecule has 180 valence electrons. The molecule has 35 heavy (non-hydrogen) atoms. The molecule has 0 amide bonds. The smallest absolute Gasteiger partial charge is 0.120 e. The summed E-state index contributed by atoms with van der Waals surface area (Å²) in [4.78, 5) is 0. The van der Waals surface area contributed by atoms with Gasteiger partial charge in [-0.2, -0.15) is 0 Å². The molecular formula is C30H30O5. The van der Waals surface area contributed by atoms with Crippen LogP contribution in [0.3, 0.4) is 0 Å². The second-order valence-electron chi connectivity index (χ2n) is 8.54. The molecule has 0 spiro atoms. The summed E-state index contributed by atoms with van der Waals surface area (Å²) >= 11 is 0. The number of methoxy groups -OCH3 is 2. The monoisotopic (exact) mass is 470 g/mol. The summed E-state index contributed by atoms with van der Waals surface area (Å²) in [7, 11) is 3.36. The van der Waals surface area contributed by atoms with E-state index in [1.54, 1.807) is 14.2 Å². The third-order valence-corrected chi connectivity index (χ3v) is 6.19. The zero-order chi connectivity index (χ0) is 24.0. The molecule has 0 atom stereocenters. The van der Waals surface area contributed by atoms with E-state index in [1.807, 2.05) is 12.1 Å². The Bertz CT molecular complexity index is 1460. The lowest BCUT2D eigenvalue weighted by Gasteiger charge is -2.10. The Balaban J connectivity index is 1.30. The topological polar surface area (TPSA) is 46.2 Å². The van der Waals surface area contributed by atoms with Crippen molar-refractivity contribution >= 4 is 43.1 Å². The lowest BCUT2D eigenvalue weighted by atomic mass is 9.97. The van der Waals surface area contributed by atoms with Gasteiger partial charge in [-0.15, -0.1) is 0 Å². The number of benzene rings is 5. The first-order chi connectivity index (χ1) is 17.2. The van der Waals surface area contributed by atoms with Crippen molar-refractivity contribution in [2.45, 2.75) is 0 Å². The first kappa shape index (κ1) is 23.4. The van der Waals surface area contributed by atoms with Crippen molar-refractivity contribution in [3.8, 4) is 11.5 Å². The molecule has 0 fully saturated rings. The largest absolute Gasteiger partial charge is 0.497 e. The van der Waals surface area contributed by atoms with Gasteiger partial charge in [0.25, 0.3) is 0 Å². The molecule has 5 nitrogen and oxygen atoms in total. The highest BCUT2D eigenvalue weighted by Crippen LogP contribution is 2.32. The first-order valence-corrected chi connectivity index (χ1v) is 11.9. The van der Waals surface area contributed by atoms with Crippen molar-refractivity contribution < 1.29 is 23.7 Å². The zero-order valence-electron chi connectivity index (χ0n) is 20.2. The molecule has 5 aromatic carbocycles. The molecule has 0 unspecified atom stereocenters. The van der Waals surface area contributed by atoms with E-state index in [2.05, 4.69) is 60.7 Å². The van der Waals surface area contributed by atoms with Gasteiger partial charge < -0.3 is 23.7 Å². The molecule has 5 rings (SSSR count). The quantitative estimate of drug-likeness (QED) is 0.166. The minimum atomic E-state index is 0.500. The highest BCUT2D eigenvalue weighted by Gasteiger charge is 2.05. The molecule has 0 aliphatic carbocycles. The molecular weight excluding hydrogens is 440 g/mol. The maximum atomic E-state index is 5.91. The number of ether oxygens (including phenoxy) is 5. The van der Waals surface area contributed by atoms with Crippen molar-refractivity contribution in [2.24, 2.45) is 0 Å². The highest BCUT2D eigenvalue weighted by atomic mass is 16.6. The molecule has 0 saturated heterocycles. The Hall–Kier alpha value is -3.38. The maximum absolute atomic E-state index is 5.91. The second-order valence-corrected chi connectivity index (χ2v) is 8.54. The Morgan fingerprint density at radius 1 is 0.429 bits per heavy atom. The van der Waals surface area contributed by atoms with Gasteiger partial charge in [-0.1, -0.05) is 12.1 Å². The zero-order valence-corrected chi connectivity index (χ0v) is 20.2. The Kier molecular flexibility index (Phi) is 7.28. The van der Waals surface area contributed by atoms with Crippen LogP contribution >= 0.6 is 0 Å². The predicted molar refractivity (Wildman–Crippen MR) is 142 cm³/mol. The summed E-state index contributed by atoms with van der Waals surface area (Å²) in [5, 5.41) is 9.63. The van der Waals surface area contributed by atoms with Crippen LogP contribution in [-0.2, 0) is 14.2 Å². The fourth-order valence-electron chi connectivity index (χ4n) is 4.36. The Morgan fingerprint density at radius 2 is 0.857 bits per heavy atom. The van der Waals surface area contributed by atoms with E-state index in [0.717, 1.165) is 16.9 Å². The van der Waals surface area contributed by atoms with E-state index in [4.69, 9.17) is 23.7 Å². The van der Waals surface area contributed by atoms with Crippen molar-refractivity contribution in [1.29, 1.82) is 0 Å². The van der Waals surface area contributed by atoms with Crippen LogP contribution in [0.15, 0.2) is 72.8 Å². The van der Waals surface area contributed by atoms with Gasteiger partial charge >= 0.3 is 0 Å². The molecule has 5 aromatic rings. The van der Waals surface area contributed by atoms with Crippen LogP contribution in [0.4, 0.5) is 0 Å². The minimum absolute atomic E-state index is 0.500. The average Bonchev–Trinajstić information content (AvgIpc) is 2.88. The molecule has 0 aliphatic heterocycles. The van der Waals surface area contributed by atoms with Crippen LogP contribution in [0.2, 0.25) is 0 Å². The van der Waals surface area contributed by atoms with Gasteiger partial charge in [0.2, 0.25) is 0 Å². The lowest BCUT2D eigenvalue weighted by molar-refractivity contribution is 0.0180. The SMILES string of the molecule is COCCOCCOCCOc1ccc2cc3cc4cc5cc(OC)ccc5cc4cc3cc2c1. The van der Waals surface area contributed by atoms with Crippen LogP contribution in [0.1, 0.15) is 0 Å². The van der Waals surface area contributed by atoms with Gasteiger partial charge in [0.15, 0.2) is 0 Å². The molecule has 0 N–H and O–H groups in total. The summed E-state index contributed by atoms with van der Waals surface area (Å²) in [6.45, 7) is 3.32. The van der Waals surface area contributed by atoms with Gasteiger partial charge in [-0.3, -0.25) is 0 Å². The summed E-state index contributed by atoms with van der Waals surface area (Å²) in [5.41, 5.74) is 0. The van der Waals surface area contributed by atoms with Gasteiger partial charge in [0, 0.05) is 7.11 Å². The second kappa shape index (κ2) is 10.9. The molecule has 0 radical (unpaired) electrons. The molecule has 0 heterocycles. The fourth-order valence-corrected chi connectivity index (χ4v) is 4.36. The first-order valence-electron chi connectivity index (χ1n) is 11.9. The van der Waals surface area contributed by atoms with E-state index in [1.165, 1.54) is 37.7 Å². The molecule has 0 aliphatic rings. The molecule has 5 heteroatoms. The van der Waals surface area contributed by atoms with Crippen molar-refractivity contribution in [3.63, 3.8) is 0 Å². The van der Waals surface area contributed by atoms with Crippen LogP contribution in [0.25, 0.3) is 43.1 Å². The number of hydrogen-bond donors (Lipinski definition) is 0. The van der Waals surface area contributed by atoms with E-state index in [-0.39, 0.29) is 0 Å². The molecule has 0 saturated carbocycles. The van der Waals surface area contributed by atoms with E-state index in [9.17, 15) is 0 Å². The standard InChI is InChI=1S/C30H30O5/c1-31-7-8-33-9-10-34-11-12-35-30-6-4-22-14-24-15-25-17-27-19-29(32-2)5-3-21(27)13-23(25)16-26(24)18-28(22)20-30/h3-6,13-20H,7-12H2,1-2H3. The van der Waals surface area contributed by atoms with E-state index < -0.39 is 0 Å². The number of fused-ring (bicyclic) bond motifs is 4. The van der Waals surface area contributed by atoms with Gasteiger partial charge in [-0.05, 0) is 104 Å². The third kappa shape index (κ3) is 5.49. The van der Waals surface area contributed by atoms with E-state index >= 15 is 0 Å². The van der Waals surface area contributed by atoms with E-state index in [0.29, 0.717) is 39.6 Å². The molecule has 0 aromatic heterocycles. The summed E-state index contributed by atoms with van der Waals surface area (Å²) < 4.78 is 27.2. The Morgan fingerprint density at radius 3 is 1.40 bits per heavy atom.